The summed E-state index contributed by atoms with van der Waals surface area (Å²) in [6.07, 6.45) is 1.09. The van der Waals surface area contributed by atoms with Crippen LogP contribution in [0.1, 0.15) is 13.3 Å². The van der Waals surface area contributed by atoms with Crippen molar-refractivity contribution in [3.05, 3.63) is 52.6 Å². The number of hydrogen-bond donors (Lipinski definition) is 0. The zero-order valence-corrected chi connectivity index (χ0v) is 16.7. The molecule has 0 radical (unpaired) electrons. The van der Waals surface area contributed by atoms with Crippen molar-refractivity contribution in [2.24, 2.45) is 0 Å². The van der Waals surface area contributed by atoms with Gasteiger partial charge < -0.3 is 14.4 Å². The van der Waals surface area contributed by atoms with Gasteiger partial charge >= 0.3 is 0 Å². The summed E-state index contributed by atoms with van der Waals surface area (Å²) in [5, 5.41) is 0.709. The summed E-state index contributed by atoms with van der Waals surface area (Å²) in [6.45, 7) is 6.46. The van der Waals surface area contributed by atoms with Gasteiger partial charge in [-0.15, -0.1) is 0 Å². The van der Waals surface area contributed by atoms with Crippen molar-refractivity contribution in [2.75, 3.05) is 38.1 Å². The number of fused-ring (bicyclic) bond motifs is 5. The molecule has 3 aromatic heterocycles. The molecule has 0 N–H and O–H groups in total. The van der Waals surface area contributed by atoms with Crippen molar-refractivity contribution >= 4 is 33.4 Å². The van der Waals surface area contributed by atoms with E-state index in [0.717, 1.165) is 55.1 Å². The quantitative estimate of drug-likeness (QED) is 0.525. The van der Waals surface area contributed by atoms with Gasteiger partial charge in [-0.2, -0.15) is 0 Å². The first kappa shape index (κ1) is 18.1. The highest BCUT2D eigenvalue weighted by atomic mass is 19.1. The Kier molecular flexibility index (Phi) is 4.28. The Labute approximate surface area is 167 Å². The normalized spacial score (nSPS) is 16.2. The smallest absolute Gasteiger partial charge is 0.275 e. The molecule has 0 saturated carbocycles. The molecule has 4 heterocycles. The Balaban J connectivity index is 1.81. The summed E-state index contributed by atoms with van der Waals surface area (Å²) in [5.41, 5.74) is 2.77. The minimum absolute atomic E-state index is 0.0810. The molecule has 1 aliphatic rings. The summed E-state index contributed by atoms with van der Waals surface area (Å²) >= 11 is 0. The number of aromatic nitrogens is 3. The molecule has 7 heteroatoms. The van der Waals surface area contributed by atoms with Gasteiger partial charge in [0.05, 0.1) is 11.0 Å². The molecule has 1 aliphatic heterocycles. The van der Waals surface area contributed by atoms with Crippen LogP contribution >= 0.6 is 0 Å². The molecule has 0 atom stereocenters. The molecule has 150 valence electrons. The lowest BCUT2D eigenvalue weighted by molar-refractivity contribution is 0.360. The van der Waals surface area contributed by atoms with E-state index in [1.165, 1.54) is 12.1 Å². The summed E-state index contributed by atoms with van der Waals surface area (Å²) < 4.78 is 17.4. The number of halogens is 1. The van der Waals surface area contributed by atoms with Crippen LogP contribution in [0.5, 0.6) is 0 Å². The summed E-state index contributed by atoms with van der Waals surface area (Å²) in [5.74, 6) is 0.607. The fourth-order valence-electron chi connectivity index (χ4n) is 4.39. The topological polar surface area (TPSA) is 45.8 Å². The highest BCUT2D eigenvalue weighted by molar-refractivity contribution is 5.92. The van der Waals surface area contributed by atoms with Crippen molar-refractivity contribution in [1.82, 2.24) is 18.9 Å². The maximum absolute atomic E-state index is 13.8. The third-order valence-electron chi connectivity index (χ3n) is 5.93. The van der Waals surface area contributed by atoms with Crippen LogP contribution in [0.15, 0.2) is 41.2 Å². The molecule has 0 bridgehead atoms. The minimum Gasteiger partial charge on any atom is -0.355 e. The minimum atomic E-state index is -0.309. The Hall–Kier alpha value is -2.93. The number of rotatable bonds is 2. The van der Waals surface area contributed by atoms with Gasteiger partial charge in [-0.1, -0.05) is 0 Å². The molecular weight excluding hydrogens is 369 g/mol. The van der Waals surface area contributed by atoms with E-state index in [9.17, 15) is 9.18 Å². The number of likely N-dealkylation sites (N-methyl/N-ethyl adjacent to an activating group) is 1. The maximum Gasteiger partial charge on any atom is 0.275 e. The third-order valence-corrected chi connectivity index (χ3v) is 5.93. The van der Waals surface area contributed by atoms with Crippen molar-refractivity contribution in [3.8, 4) is 0 Å². The van der Waals surface area contributed by atoms with E-state index in [4.69, 9.17) is 4.98 Å². The van der Waals surface area contributed by atoms with E-state index in [0.29, 0.717) is 17.4 Å². The lowest BCUT2D eigenvalue weighted by atomic mass is 10.2. The summed E-state index contributed by atoms with van der Waals surface area (Å²) in [4.78, 5) is 22.7. The van der Waals surface area contributed by atoms with Crippen molar-refractivity contribution in [3.63, 3.8) is 0 Å². The van der Waals surface area contributed by atoms with Gasteiger partial charge in [-0.25, -0.2) is 9.37 Å². The number of pyridine rings is 1. The molecule has 29 heavy (non-hydrogen) atoms. The van der Waals surface area contributed by atoms with E-state index in [-0.39, 0.29) is 11.4 Å². The molecule has 6 nitrogen and oxygen atoms in total. The van der Waals surface area contributed by atoms with Crippen LogP contribution in [0.25, 0.3) is 27.6 Å². The first-order valence-electron chi connectivity index (χ1n) is 10.1. The molecule has 0 amide bonds. The van der Waals surface area contributed by atoms with Gasteiger partial charge in [0.15, 0.2) is 5.65 Å². The van der Waals surface area contributed by atoms with Crippen molar-refractivity contribution in [2.45, 2.75) is 19.9 Å². The van der Waals surface area contributed by atoms with Crippen LogP contribution in [0.3, 0.4) is 0 Å². The summed E-state index contributed by atoms with van der Waals surface area (Å²) in [7, 11) is 2.14. The first-order valence-corrected chi connectivity index (χ1v) is 10.1. The largest absolute Gasteiger partial charge is 0.355 e. The zero-order valence-electron chi connectivity index (χ0n) is 16.7. The van der Waals surface area contributed by atoms with E-state index < -0.39 is 0 Å². The Morgan fingerprint density at radius 3 is 2.66 bits per heavy atom. The zero-order chi connectivity index (χ0) is 20.1. The van der Waals surface area contributed by atoms with Gasteiger partial charge in [0.2, 0.25) is 0 Å². The fourth-order valence-corrected chi connectivity index (χ4v) is 4.39. The van der Waals surface area contributed by atoms with Crippen molar-refractivity contribution < 1.29 is 4.39 Å². The molecule has 1 aromatic carbocycles. The monoisotopic (exact) mass is 393 g/mol. The number of aryl methyl sites for hydroxylation is 1. The Bertz CT molecular complexity index is 1290. The lowest BCUT2D eigenvalue weighted by Gasteiger charge is -2.22. The van der Waals surface area contributed by atoms with Crippen LogP contribution < -0.4 is 10.5 Å². The highest BCUT2D eigenvalue weighted by Crippen LogP contribution is 2.25. The van der Waals surface area contributed by atoms with Crippen LogP contribution in [-0.4, -0.2) is 52.1 Å². The molecule has 0 aliphatic carbocycles. The van der Waals surface area contributed by atoms with E-state index >= 15 is 0 Å². The SMILES string of the molecule is CCn1c(=O)c2cc3cc(F)ccc3n2c2nc(N3CCCN(C)CC3)ccc21. The molecule has 5 rings (SSSR count). The summed E-state index contributed by atoms with van der Waals surface area (Å²) in [6, 6.07) is 10.4. The number of anilines is 1. The fraction of sp³-hybridized carbons (Fsp3) is 0.364. The molecule has 1 saturated heterocycles. The molecule has 0 unspecified atom stereocenters. The molecular formula is C22H24FN5O. The average molecular weight is 393 g/mol. The average Bonchev–Trinajstić information content (AvgIpc) is 2.96. The molecule has 0 spiro atoms. The number of benzene rings is 1. The number of hydrogen-bond acceptors (Lipinski definition) is 4. The van der Waals surface area contributed by atoms with Crippen LogP contribution in [0.2, 0.25) is 0 Å². The Morgan fingerprint density at radius 2 is 1.83 bits per heavy atom. The second-order valence-electron chi connectivity index (χ2n) is 7.77. The predicted octanol–water partition coefficient (Wildman–Crippen LogP) is 3.10. The van der Waals surface area contributed by atoms with Gasteiger partial charge in [0.1, 0.15) is 17.2 Å². The second kappa shape index (κ2) is 6.84. The van der Waals surface area contributed by atoms with Crippen LogP contribution in [0, 0.1) is 5.82 Å². The molecule has 1 fully saturated rings. The Morgan fingerprint density at radius 1 is 1.00 bits per heavy atom. The van der Waals surface area contributed by atoms with Gasteiger partial charge in [-0.3, -0.25) is 9.20 Å². The van der Waals surface area contributed by atoms with Crippen molar-refractivity contribution in [1.29, 1.82) is 0 Å². The second-order valence-corrected chi connectivity index (χ2v) is 7.77. The van der Waals surface area contributed by atoms with Gasteiger partial charge in [0, 0.05) is 31.6 Å². The highest BCUT2D eigenvalue weighted by Gasteiger charge is 2.18. The standard InChI is InChI=1S/C22H24FN5O/c1-3-27-18-7-8-20(26-10-4-9-25(2)11-12-26)24-21(18)28-17-6-5-16(23)13-15(17)14-19(28)22(27)29/h5-8,13-14H,3-4,9-12H2,1-2H3. The van der Waals surface area contributed by atoms with Gasteiger partial charge in [0.25, 0.3) is 5.56 Å². The van der Waals surface area contributed by atoms with E-state index in [2.05, 4.69) is 16.8 Å². The first-order chi connectivity index (χ1) is 14.1. The number of nitrogens with zero attached hydrogens (tertiary/aromatic N) is 5. The van der Waals surface area contributed by atoms with E-state index in [1.54, 1.807) is 16.7 Å². The lowest BCUT2D eigenvalue weighted by Crippen LogP contribution is -2.29. The van der Waals surface area contributed by atoms with Crippen LogP contribution in [0.4, 0.5) is 10.2 Å². The maximum atomic E-state index is 13.8. The predicted molar refractivity (Wildman–Crippen MR) is 114 cm³/mol. The van der Waals surface area contributed by atoms with Crippen LogP contribution in [-0.2, 0) is 6.54 Å². The molecule has 4 aromatic rings. The van der Waals surface area contributed by atoms with E-state index in [1.807, 2.05) is 23.5 Å². The third kappa shape index (κ3) is 2.88. The van der Waals surface area contributed by atoms with Gasteiger partial charge in [-0.05, 0) is 63.3 Å².